The second kappa shape index (κ2) is 3.92. The molecule has 98 valence electrons. The molecule has 3 fully saturated rings. The zero-order chi connectivity index (χ0) is 13.0. The number of hydrogen-bond donors (Lipinski definition) is 1. The number of β-lactam (4-membered cyclic amide) rings is 1. The molecule has 18 heavy (non-hydrogen) atoms. The molecule has 0 aromatic carbocycles. The highest BCUT2D eigenvalue weighted by Crippen LogP contribution is 2.50. The van der Waals surface area contributed by atoms with Gasteiger partial charge < -0.3 is 5.11 Å². The molecular formula is C14H19NO3. The topological polar surface area (TPSA) is 57.6 Å². The van der Waals surface area contributed by atoms with Crippen LogP contribution in [-0.2, 0) is 9.59 Å². The van der Waals surface area contributed by atoms with Gasteiger partial charge in [-0.15, -0.1) is 0 Å². The fraction of sp³-hybridized carbons (Fsp3) is 0.714. The normalized spacial score (nSPS) is 42.0. The smallest absolute Gasteiger partial charge is 0.255 e. The highest BCUT2D eigenvalue weighted by Gasteiger charge is 2.56. The van der Waals surface area contributed by atoms with Gasteiger partial charge in [-0.05, 0) is 44.4 Å². The summed E-state index contributed by atoms with van der Waals surface area (Å²) >= 11 is 0. The van der Waals surface area contributed by atoms with E-state index < -0.39 is 0 Å². The summed E-state index contributed by atoms with van der Waals surface area (Å²) in [5.74, 6) is 0.716. The van der Waals surface area contributed by atoms with Gasteiger partial charge >= 0.3 is 0 Å². The third-order valence-corrected chi connectivity index (χ3v) is 4.85. The average molecular weight is 249 g/mol. The average Bonchev–Trinajstić information content (AvgIpc) is 2.67. The minimum atomic E-state index is -0.224. The van der Waals surface area contributed by atoms with Crippen molar-refractivity contribution in [3.63, 3.8) is 0 Å². The van der Waals surface area contributed by atoms with Gasteiger partial charge in [0.15, 0.2) is 0 Å². The van der Waals surface area contributed by atoms with E-state index in [0.29, 0.717) is 17.4 Å². The lowest BCUT2D eigenvalue weighted by Crippen LogP contribution is -2.65. The quantitative estimate of drug-likeness (QED) is 0.559. The van der Waals surface area contributed by atoms with Crippen LogP contribution in [0.5, 0.6) is 0 Å². The molecule has 0 bridgehead atoms. The van der Waals surface area contributed by atoms with Crippen molar-refractivity contribution in [2.45, 2.75) is 44.8 Å². The lowest BCUT2D eigenvalue weighted by Gasteiger charge is -2.51. The van der Waals surface area contributed by atoms with Crippen LogP contribution in [0.2, 0.25) is 0 Å². The number of rotatable bonds is 1. The van der Waals surface area contributed by atoms with Crippen molar-refractivity contribution in [1.29, 1.82) is 0 Å². The summed E-state index contributed by atoms with van der Waals surface area (Å²) in [6, 6.07) is 0.0632. The molecule has 1 N–H and O–H groups in total. The predicted molar refractivity (Wildman–Crippen MR) is 65.4 cm³/mol. The summed E-state index contributed by atoms with van der Waals surface area (Å²) in [6.45, 7) is 5.27. The van der Waals surface area contributed by atoms with Gasteiger partial charge in [-0.2, -0.15) is 0 Å². The van der Waals surface area contributed by atoms with Crippen LogP contribution in [0.3, 0.4) is 0 Å². The van der Waals surface area contributed by atoms with Crippen molar-refractivity contribution >= 4 is 11.8 Å². The van der Waals surface area contributed by atoms with Crippen molar-refractivity contribution in [2.75, 3.05) is 0 Å². The molecule has 2 saturated carbocycles. The molecule has 3 aliphatic rings. The number of aliphatic hydroxyl groups is 1. The molecule has 0 aromatic heterocycles. The summed E-state index contributed by atoms with van der Waals surface area (Å²) in [5, 5.41) is 9.70. The van der Waals surface area contributed by atoms with Crippen LogP contribution in [0, 0.1) is 17.8 Å². The Labute approximate surface area is 107 Å². The molecule has 4 heteroatoms. The zero-order valence-corrected chi connectivity index (χ0v) is 10.6. The zero-order valence-electron chi connectivity index (χ0n) is 10.6. The molecule has 5 atom stereocenters. The standard InChI is InChI=1S/C14H19NO3/c1-7(2)13(17)15-12-6-9-4-10(16)3-8(9)5-11(12)14(15)18/h8-12,16H,1,3-6H2,2H3. The molecule has 0 aromatic rings. The molecule has 0 spiro atoms. The molecular weight excluding hydrogens is 230 g/mol. The molecule has 0 radical (unpaired) electrons. The molecule has 4 nitrogen and oxygen atoms in total. The summed E-state index contributed by atoms with van der Waals surface area (Å²) in [5.41, 5.74) is 0.426. The number of amides is 2. The van der Waals surface area contributed by atoms with Crippen LogP contribution >= 0.6 is 0 Å². The van der Waals surface area contributed by atoms with E-state index >= 15 is 0 Å². The van der Waals surface area contributed by atoms with Crippen molar-refractivity contribution in [3.8, 4) is 0 Å². The Morgan fingerprint density at radius 1 is 1.28 bits per heavy atom. The van der Waals surface area contributed by atoms with E-state index in [1.165, 1.54) is 4.90 Å². The molecule has 3 rings (SSSR count). The monoisotopic (exact) mass is 249 g/mol. The third kappa shape index (κ3) is 1.55. The third-order valence-electron chi connectivity index (χ3n) is 4.85. The SMILES string of the molecule is C=C(C)C(=O)N1C(=O)C2CC3CC(O)CC3CC21. The first-order valence-electron chi connectivity index (χ1n) is 6.70. The fourth-order valence-electron chi connectivity index (χ4n) is 3.98. The first-order chi connectivity index (χ1) is 8.49. The summed E-state index contributed by atoms with van der Waals surface area (Å²) in [7, 11) is 0. The van der Waals surface area contributed by atoms with Crippen molar-refractivity contribution in [3.05, 3.63) is 12.2 Å². The largest absolute Gasteiger partial charge is 0.393 e. The summed E-state index contributed by atoms with van der Waals surface area (Å²) in [6.07, 6.45) is 3.17. The van der Waals surface area contributed by atoms with Gasteiger partial charge in [-0.1, -0.05) is 6.58 Å². The van der Waals surface area contributed by atoms with E-state index in [2.05, 4.69) is 6.58 Å². The number of aliphatic hydroxyl groups excluding tert-OH is 1. The lowest BCUT2D eigenvalue weighted by atomic mass is 9.67. The summed E-state index contributed by atoms with van der Waals surface area (Å²) < 4.78 is 0. The number of fused-ring (bicyclic) bond motifs is 2. The lowest BCUT2D eigenvalue weighted by molar-refractivity contribution is -0.170. The van der Waals surface area contributed by atoms with E-state index in [0.717, 1.165) is 25.7 Å². The number of carbonyl (C=O) groups excluding carboxylic acids is 2. The van der Waals surface area contributed by atoms with E-state index in [4.69, 9.17) is 0 Å². The molecule has 1 heterocycles. The number of likely N-dealkylation sites (tertiary alicyclic amines) is 1. The van der Waals surface area contributed by atoms with Crippen molar-refractivity contribution < 1.29 is 14.7 Å². The van der Waals surface area contributed by atoms with Gasteiger partial charge in [0.2, 0.25) is 5.91 Å². The van der Waals surface area contributed by atoms with E-state index in [9.17, 15) is 14.7 Å². The van der Waals surface area contributed by atoms with Crippen LogP contribution < -0.4 is 0 Å². The molecule has 1 aliphatic heterocycles. The predicted octanol–water partition coefficient (Wildman–Crippen LogP) is 1.10. The van der Waals surface area contributed by atoms with Gasteiger partial charge in [-0.25, -0.2) is 0 Å². The van der Waals surface area contributed by atoms with Crippen LogP contribution in [0.15, 0.2) is 12.2 Å². The Balaban J connectivity index is 1.76. The molecule has 2 aliphatic carbocycles. The van der Waals surface area contributed by atoms with Gasteiger partial charge in [0, 0.05) is 5.57 Å². The van der Waals surface area contributed by atoms with Crippen molar-refractivity contribution in [1.82, 2.24) is 4.90 Å². The Kier molecular flexibility index (Phi) is 2.59. The fourth-order valence-corrected chi connectivity index (χ4v) is 3.98. The Morgan fingerprint density at radius 3 is 2.50 bits per heavy atom. The van der Waals surface area contributed by atoms with Gasteiger partial charge in [0.25, 0.3) is 5.91 Å². The Bertz CT molecular complexity index is 431. The number of nitrogens with zero attached hydrogens (tertiary/aromatic N) is 1. The molecule has 2 amide bonds. The maximum Gasteiger partial charge on any atom is 0.255 e. The van der Waals surface area contributed by atoms with Gasteiger partial charge in [-0.3, -0.25) is 14.5 Å². The second-order valence-electron chi connectivity index (χ2n) is 6.08. The van der Waals surface area contributed by atoms with Crippen LogP contribution in [-0.4, -0.2) is 34.0 Å². The number of hydrogen-bond acceptors (Lipinski definition) is 3. The van der Waals surface area contributed by atoms with E-state index in [1.54, 1.807) is 6.92 Å². The summed E-state index contributed by atoms with van der Waals surface area (Å²) in [4.78, 5) is 25.3. The number of imide groups is 1. The Morgan fingerprint density at radius 2 is 1.89 bits per heavy atom. The maximum absolute atomic E-state index is 12.0. The van der Waals surface area contributed by atoms with Crippen molar-refractivity contribution in [2.24, 2.45) is 17.8 Å². The molecule has 1 saturated heterocycles. The Hall–Kier alpha value is -1.16. The van der Waals surface area contributed by atoms with Crippen LogP contribution in [0.25, 0.3) is 0 Å². The number of carbonyl (C=O) groups is 2. The highest BCUT2D eigenvalue weighted by atomic mass is 16.3. The first kappa shape index (κ1) is 11.9. The van der Waals surface area contributed by atoms with Gasteiger partial charge in [0.1, 0.15) is 0 Å². The van der Waals surface area contributed by atoms with E-state index in [1.807, 2.05) is 0 Å². The van der Waals surface area contributed by atoms with Gasteiger partial charge in [0.05, 0.1) is 18.1 Å². The minimum absolute atomic E-state index is 0.0137. The van der Waals surface area contributed by atoms with Crippen LogP contribution in [0.4, 0.5) is 0 Å². The molecule has 5 unspecified atom stereocenters. The first-order valence-corrected chi connectivity index (χ1v) is 6.70. The van der Waals surface area contributed by atoms with E-state index in [-0.39, 0.29) is 29.9 Å². The second-order valence-corrected chi connectivity index (χ2v) is 6.08. The maximum atomic E-state index is 12.0. The van der Waals surface area contributed by atoms with Crippen LogP contribution in [0.1, 0.15) is 32.6 Å². The minimum Gasteiger partial charge on any atom is -0.393 e. The highest BCUT2D eigenvalue weighted by molar-refractivity contribution is 6.08.